The first kappa shape index (κ1) is 23.4. The molecule has 4 heterocycles. The molecule has 0 aliphatic carbocycles. The summed E-state index contributed by atoms with van der Waals surface area (Å²) < 4.78 is 11.5. The molecule has 2 aromatic heterocycles. The number of methoxy groups -OCH3 is 1. The van der Waals surface area contributed by atoms with Crippen LogP contribution in [0, 0.1) is 11.8 Å². The van der Waals surface area contributed by atoms with Gasteiger partial charge in [-0.3, -0.25) is 4.79 Å². The number of ether oxygens (including phenoxy) is 2. The predicted molar refractivity (Wildman–Crippen MR) is 128 cm³/mol. The lowest BCUT2D eigenvalue weighted by Crippen LogP contribution is -2.44. The molecule has 4 rings (SSSR count). The minimum atomic E-state index is -0.765. The van der Waals surface area contributed by atoms with Crippen molar-refractivity contribution in [2.75, 3.05) is 36.5 Å². The summed E-state index contributed by atoms with van der Waals surface area (Å²) in [7, 11) is 1.59. The molecule has 178 valence electrons. The van der Waals surface area contributed by atoms with Gasteiger partial charge in [-0.05, 0) is 18.4 Å². The zero-order valence-corrected chi connectivity index (χ0v) is 20.0. The van der Waals surface area contributed by atoms with Crippen molar-refractivity contribution in [1.29, 1.82) is 0 Å². The van der Waals surface area contributed by atoms with Gasteiger partial charge in [-0.1, -0.05) is 25.4 Å². The minimum absolute atomic E-state index is 0.000877. The van der Waals surface area contributed by atoms with Crippen LogP contribution in [0.25, 0.3) is 0 Å². The Morgan fingerprint density at radius 2 is 1.94 bits per heavy atom. The van der Waals surface area contributed by atoms with Gasteiger partial charge in [0.2, 0.25) is 11.8 Å². The number of carboxylic acid groups (broad SMARTS) is 1. The van der Waals surface area contributed by atoms with Gasteiger partial charge >= 0.3 is 5.97 Å². The molecular weight excluding hydrogens is 444 g/mol. The molecule has 0 saturated carbocycles. The van der Waals surface area contributed by atoms with E-state index in [-0.39, 0.29) is 24.5 Å². The maximum atomic E-state index is 11.3. The first-order valence-electron chi connectivity index (χ1n) is 11.4. The fourth-order valence-corrected chi connectivity index (χ4v) is 5.09. The van der Waals surface area contributed by atoms with E-state index in [9.17, 15) is 9.90 Å². The second-order valence-corrected chi connectivity index (χ2v) is 9.43. The Hall–Kier alpha value is -2.74. The van der Waals surface area contributed by atoms with E-state index < -0.39 is 5.97 Å². The molecule has 2 saturated heterocycles. The largest absolute Gasteiger partial charge is 0.481 e. The lowest BCUT2D eigenvalue weighted by Gasteiger charge is -2.38. The van der Waals surface area contributed by atoms with Gasteiger partial charge in [-0.2, -0.15) is 0 Å². The lowest BCUT2D eigenvalue weighted by molar-refractivity contribution is -0.137. The number of carbonyl (C=O) groups is 1. The van der Waals surface area contributed by atoms with E-state index in [1.54, 1.807) is 19.5 Å². The van der Waals surface area contributed by atoms with Crippen LogP contribution in [0.15, 0.2) is 30.6 Å². The van der Waals surface area contributed by atoms with Gasteiger partial charge in [0, 0.05) is 50.1 Å². The Balaban J connectivity index is 1.38. The fraction of sp³-hybridized carbons (Fsp3) is 0.542. The Bertz CT molecular complexity index is 973. The molecule has 0 amide bonds. The average Bonchev–Trinajstić information content (AvgIpc) is 3.15. The molecule has 1 N–H and O–H groups in total. The summed E-state index contributed by atoms with van der Waals surface area (Å²) in [6.45, 7) is 6.74. The van der Waals surface area contributed by atoms with Crippen LogP contribution in [0.4, 0.5) is 11.4 Å². The van der Waals surface area contributed by atoms with Gasteiger partial charge in [-0.15, -0.1) is 0 Å². The van der Waals surface area contributed by atoms with Crippen LogP contribution in [0.1, 0.15) is 33.1 Å². The second kappa shape index (κ2) is 10.0. The van der Waals surface area contributed by atoms with Gasteiger partial charge in [0.15, 0.2) is 0 Å². The van der Waals surface area contributed by atoms with Crippen LogP contribution < -0.4 is 19.3 Å². The smallest absolute Gasteiger partial charge is 0.305 e. The van der Waals surface area contributed by atoms with Crippen molar-refractivity contribution in [2.24, 2.45) is 11.8 Å². The van der Waals surface area contributed by atoms with E-state index in [0.717, 1.165) is 43.9 Å². The first-order valence-corrected chi connectivity index (χ1v) is 11.8. The van der Waals surface area contributed by atoms with E-state index >= 15 is 0 Å². The summed E-state index contributed by atoms with van der Waals surface area (Å²) in [6, 6.07) is 5.74. The molecule has 0 bridgehead atoms. The normalized spacial score (nSPS) is 25.2. The number of halogens is 1. The third-order valence-corrected chi connectivity index (χ3v) is 7.07. The van der Waals surface area contributed by atoms with Crippen molar-refractivity contribution in [3.05, 3.63) is 35.6 Å². The number of pyridine rings is 2. The standard InChI is InChI=1S/C24H31ClN4O4/c1-15-6-9-29(19(15)11-24(30)31)17-4-5-22(26-12-17)33-21-7-8-28(14-16(21)2)20-10-23(32-3)27-13-18(20)25/h4-5,10,12-13,15-16,19,21H,6-9,11,14H2,1-3H3,(H,30,31)/t15-,16?,19+,21?/m1/s1. The van der Waals surface area contributed by atoms with E-state index in [1.807, 2.05) is 18.2 Å². The van der Waals surface area contributed by atoms with E-state index in [2.05, 4.69) is 33.6 Å². The van der Waals surface area contributed by atoms with Crippen molar-refractivity contribution < 1.29 is 19.4 Å². The quantitative estimate of drug-likeness (QED) is 0.641. The van der Waals surface area contributed by atoms with Gasteiger partial charge in [-0.25, -0.2) is 9.97 Å². The molecule has 2 aliphatic rings. The molecule has 8 nitrogen and oxygen atoms in total. The molecule has 2 fully saturated rings. The highest BCUT2D eigenvalue weighted by Gasteiger charge is 2.33. The van der Waals surface area contributed by atoms with Crippen LogP contribution in [-0.4, -0.2) is 59.9 Å². The maximum Gasteiger partial charge on any atom is 0.305 e. The maximum absolute atomic E-state index is 11.3. The summed E-state index contributed by atoms with van der Waals surface area (Å²) in [6.07, 6.45) is 5.44. The molecule has 9 heteroatoms. The number of piperidine rings is 1. The summed E-state index contributed by atoms with van der Waals surface area (Å²) in [5.74, 6) is 0.989. The topological polar surface area (TPSA) is 88.0 Å². The predicted octanol–water partition coefficient (Wildman–Crippen LogP) is 4.12. The number of rotatable bonds is 7. The van der Waals surface area contributed by atoms with E-state index in [1.165, 1.54) is 0 Å². The molecule has 0 spiro atoms. The van der Waals surface area contributed by atoms with Crippen LogP contribution in [0.5, 0.6) is 11.8 Å². The third kappa shape index (κ3) is 5.27. The van der Waals surface area contributed by atoms with Crippen LogP contribution in [-0.2, 0) is 4.79 Å². The van der Waals surface area contributed by atoms with E-state index in [0.29, 0.717) is 22.7 Å². The number of anilines is 2. The number of nitrogens with zero attached hydrogens (tertiary/aromatic N) is 4. The number of aromatic nitrogens is 2. The lowest BCUT2D eigenvalue weighted by atomic mass is 9.96. The van der Waals surface area contributed by atoms with Crippen molar-refractivity contribution >= 4 is 28.9 Å². The molecule has 2 aromatic rings. The van der Waals surface area contributed by atoms with Gasteiger partial charge in [0.1, 0.15) is 6.10 Å². The van der Waals surface area contributed by atoms with Crippen molar-refractivity contribution in [3.63, 3.8) is 0 Å². The van der Waals surface area contributed by atoms with Gasteiger partial charge < -0.3 is 24.4 Å². The number of aliphatic carboxylic acids is 1. The van der Waals surface area contributed by atoms with Gasteiger partial charge in [0.25, 0.3) is 0 Å². The Labute approximate surface area is 199 Å². The SMILES string of the molecule is COc1cc(N2CCC(Oc3ccc(N4CC[C@@H](C)[C@@H]4CC(=O)O)cn3)C(C)C2)c(Cl)cn1. The number of hydrogen-bond donors (Lipinski definition) is 1. The zero-order valence-electron chi connectivity index (χ0n) is 19.3. The van der Waals surface area contributed by atoms with Crippen molar-refractivity contribution in [3.8, 4) is 11.8 Å². The average molecular weight is 475 g/mol. The Morgan fingerprint density at radius 1 is 1.15 bits per heavy atom. The number of hydrogen-bond acceptors (Lipinski definition) is 7. The summed E-state index contributed by atoms with van der Waals surface area (Å²) >= 11 is 6.38. The molecule has 2 aliphatic heterocycles. The van der Waals surface area contributed by atoms with Gasteiger partial charge in [0.05, 0.1) is 42.3 Å². The molecule has 0 radical (unpaired) electrons. The van der Waals surface area contributed by atoms with Crippen molar-refractivity contribution in [1.82, 2.24) is 9.97 Å². The molecule has 0 aromatic carbocycles. The fourth-order valence-electron chi connectivity index (χ4n) is 4.87. The highest BCUT2D eigenvalue weighted by molar-refractivity contribution is 6.33. The molecule has 4 atom stereocenters. The highest BCUT2D eigenvalue weighted by atomic mass is 35.5. The summed E-state index contributed by atoms with van der Waals surface area (Å²) in [5, 5.41) is 9.87. The molecule has 33 heavy (non-hydrogen) atoms. The van der Waals surface area contributed by atoms with Crippen LogP contribution in [0.3, 0.4) is 0 Å². The van der Waals surface area contributed by atoms with Crippen molar-refractivity contribution in [2.45, 2.75) is 45.3 Å². The minimum Gasteiger partial charge on any atom is -0.481 e. The summed E-state index contributed by atoms with van der Waals surface area (Å²) in [5.41, 5.74) is 1.87. The number of carboxylic acids is 1. The molecule has 2 unspecified atom stereocenters. The first-order chi connectivity index (χ1) is 15.9. The van der Waals surface area contributed by atoms with Crippen LogP contribution in [0.2, 0.25) is 5.02 Å². The molecular formula is C24H31ClN4O4. The monoisotopic (exact) mass is 474 g/mol. The third-order valence-electron chi connectivity index (χ3n) is 6.78. The Kier molecular flexibility index (Phi) is 7.12. The van der Waals surface area contributed by atoms with Crippen LogP contribution >= 0.6 is 11.6 Å². The highest BCUT2D eigenvalue weighted by Crippen LogP contribution is 2.34. The summed E-state index contributed by atoms with van der Waals surface area (Å²) in [4.78, 5) is 24.4. The second-order valence-electron chi connectivity index (χ2n) is 9.03. The van der Waals surface area contributed by atoms with E-state index in [4.69, 9.17) is 21.1 Å². The zero-order chi connectivity index (χ0) is 23.5. The Morgan fingerprint density at radius 3 is 2.61 bits per heavy atom.